The van der Waals surface area contributed by atoms with Crippen LogP contribution in [-0.2, 0) is 0 Å². The van der Waals surface area contributed by atoms with Gasteiger partial charge in [-0.1, -0.05) is 109 Å². The topological polar surface area (TPSA) is 26.0 Å². The van der Waals surface area contributed by atoms with E-state index in [1.54, 1.807) is 0 Å². The predicted octanol–water partition coefficient (Wildman–Crippen LogP) is 9.02. The van der Waals surface area contributed by atoms with E-state index in [1.165, 1.54) is 121 Å². The summed E-state index contributed by atoms with van der Waals surface area (Å²) in [7, 11) is 0. The van der Waals surface area contributed by atoms with Crippen molar-refractivity contribution in [3.8, 4) is 0 Å². The Bertz CT molecular complexity index is 470. The van der Waals surface area contributed by atoms with Gasteiger partial charge in [0.2, 0.25) is 0 Å². The van der Waals surface area contributed by atoms with Crippen LogP contribution in [0.2, 0.25) is 0 Å². The Labute approximate surface area is 175 Å². The van der Waals surface area contributed by atoms with Crippen LogP contribution in [-0.4, -0.2) is 0 Å². The Morgan fingerprint density at radius 1 is 0.643 bits per heavy atom. The number of nitrogen functional groups attached to an aromatic ring is 1. The third-order valence-corrected chi connectivity index (χ3v) is 6.97. The first-order chi connectivity index (χ1) is 13.8. The number of nitrogens with two attached hydrogens (primary N) is 1. The summed E-state index contributed by atoms with van der Waals surface area (Å²) in [6.45, 7) is 2.30. The zero-order valence-electron chi connectivity index (χ0n) is 18.8. The number of hydrogen-bond donors (Lipinski definition) is 1. The fourth-order valence-electron chi connectivity index (χ4n) is 5.00. The van der Waals surface area contributed by atoms with Crippen molar-refractivity contribution in [2.45, 2.75) is 128 Å². The minimum atomic E-state index is 0.781. The summed E-state index contributed by atoms with van der Waals surface area (Å²) in [5.41, 5.74) is 8.22. The summed E-state index contributed by atoms with van der Waals surface area (Å²) in [5, 5.41) is 0. The molecule has 160 valence electrons. The smallest absolute Gasteiger partial charge is 0.0314 e. The van der Waals surface area contributed by atoms with Crippen molar-refractivity contribution in [2.75, 3.05) is 5.73 Å². The molecule has 1 aliphatic carbocycles. The van der Waals surface area contributed by atoms with Crippen molar-refractivity contribution in [1.82, 2.24) is 0 Å². The van der Waals surface area contributed by atoms with Crippen molar-refractivity contribution in [3.05, 3.63) is 29.8 Å². The molecule has 28 heavy (non-hydrogen) atoms. The largest absolute Gasteiger partial charge is 0.399 e. The van der Waals surface area contributed by atoms with Crippen LogP contribution in [0.25, 0.3) is 0 Å². The van der Waals surface area contributed by atoms with Gasteiger partial charge in [0.05, 0.1) is 0 Å². The van der Waals surface area contributed by atoms with Gasteiger partial charge in [0.15, 0.2) is 0 Å². The van der Waals surface area contributed by atoms with Crippen molar-refractivity contribution in [3.63, 3.8) is 0 Å². The predicted molar refractivity (Wildman–Crippen MR) is 126 cm³/mol. The van der Waals surface area contributed by atoms with Crippen LogP contribution >= 0.6 is 0 Å². The molecule has 1 fully saturated rings. The zero-order valence-corrected chi connectivity index (χ0v) is 18.8. The third-order valence-electron chi connectivity index (χ3n) is 6.97. The van der Waals surface area contributed by atoms with Crippen molar-refractivity contribution in [2.24, 2.45) is 5.92 Å². The Morgan fingerprint density at radius 2 is 1.11 bits per heavy atom. The number of hydrogen-bond acceptors (Lipinski definition) is 1. The van der Waals surface area contributed by atoms with Crippen molar-refractivity contribution >= 4 is 5.69 Å². The van der Waals surface area contributed by atoms with Gasteiger partial charge >= 0.3 is 0 Å². The molecule has 1 aromatic carbocycles. The number of rotatable bonds is 15. The maximum atomic E-state index is 5.82. The number of benzene rings is 1. The SMILES string of the molecule is CCCCCCCCCCCCCCCC1CCC(c2ccc(N)cc2)CC1. The summed E-state index contributed by atoms with van der Waals surface area (Å²) in [5.74, 6) is 1.78. The molecule has 2 N–H and O–H groups in total. The van der Waals surface area contributed by atoms with Gasteiger partial charge in [-0.25, -0.2) is 0 Å². The molecule has 0 bridgehead atoms. The first-order valence-corrected chi connectivity index (χ1v) is 12.6. The summed E-state index contributed by atoms with van der Waals surface area (Å²) < 4.78 is 0. The van der Waals surface area contributed by atoms with Gasteiger partial charge in [-0.05, 0) is 55.2 Å². The van der Waals surface area contributed by atoms with Crippen LogP contribution in [0.4, 0.5) is 5.69 Å². The molecular formula is C27H47N. The second-order valence-corrected chi connectivity index (χ2v) is 9.42. The van der Waals surface area contributed by atoms with Gasteiger partial charge in [-0.15, -0.1) is 0 Å². The van der Waals surface area contributed by atoms with E-state index in [2.05, 4.69) is 31.2 Å². The lowest BCUT2D eigenvalue weighted by Gasteiger charge is -2.29. The molecule has 2 rings (SSSR count). The lowest BCUT2D eigenvalue weighted by atomic mass is 9.77. The second-order valence-electron chi connectivity index (χ2n) is 9.42. The molecule has 0 atom stereocenters. The summed E-state index contributed by atoms with van der Waals surface area (Å²) in [4.78, 5) is 0. The number of unbranched alkanes of at least 4 members (excludes halogenated alkanes) is 12. The van der Waals surface area contributed by atoms with Gasteiger partial charge in [0.1, 0.15) is 0 Å². The summed E-state index contributed by atoms with van der Waals surface area (Å²) >= 11 is 0. The molecule has 0 amide bonds. The first-order valence-electron chi connectivity index (χ1n) is 12.6. The highest BCUT2D eigenvalue weighted by molar-refractivity contribution is 5.40. The Hall–Kier alpha value is -0.980. The molecule has 0 aliphatic heterocycles. The Kier molecular flexibility index (Phi) is 12.4. The minimum Gasteiger partial charge on any atom is -0.399 e. The van der Waals surface area contributed by atoms with E-state index >= 15 is 0 Å². The average molecular weight is 386 g/mol. The highest BCUT2D eigenvalue weighted by atomic mass is 14.5. The van der Waals surface area contributed by atoms with E-state index < -0.39 is 0 Å². The molecule has 0 heterocycles. The van der Waals surface area contributed by atoms with Gasteiger partial charge in [-0.2, -0.15) is 0 Å². The molecule has 0 saturated heterocycles. The molecule has 0 radical (unpaired) electrons. The van der Waals surface area contributed by atoms with E-state index in [0.717, 1.165) is 17.5 Å². The molecule has 0 unspecified atom stereocenters. The fraction of sp³-hybridized carbons (Fsp3) is 0.778. The maximum Gasteiger partial charge on any atom is 0.0314 e. The average Bonchev–Trinajstić information content (AvgIpc) is 2.72. The van der Waals surface area contributed by atoms with Crippen LogP contribution < -0.4 is 5.73 Å². The fourth-order valence-corrected chi connectivity index (χ4v) is 5.00. The molecule has 1 heteroatoms. The molecule has 1 aliphatic rings. The maximum absolute atomic E-state index is 5.82. The lowest BCUT2D eigenvalue weighted by Crippen LogP contribution is -2.13. The zero-order chi connectivity index (χ0) is 19.9. The third kappa shape index (κ3) is 9.99. The normalized spacial score (nSPS) is 19.8. The van der Waals surface area contributed by atoms with Crippen LogP contribution in [0.1, 0.15) is 134 Å². The lowest BCUT2D eigenvalue weighted by molar-refractivity contribution is 0.302. The van der Waals surface area contributed by atoms with E-state index in [-0.39, 0.29) is 0 Å². The van der Waals surface area contributed by atoms with Crippen molar-refractivity contribution in [1.29, 1.82) is 0 Å². The molecule has 1 saturated carbocycles. The monoisotopic (exact) mass is 385 g/mol. The highest BCUT2D eigenvalue weighted by Gasteiger charge is 2.21. The molecule has 1 aromatic rings. The van der Waals surface area contributed by atoms with E-state index in [0.29, 0.717) is 0 Å². The first kappa shape index (κ1) is 23.3. The molecule has 0 aromatic heterocycles. The van der Waals surface area contributed by atoms with Crippen LogP contribution in [0.3, 0.4) is 0 Å². The van der Waals surface area contributed by atoms with E-state index in [9.17, 15) is 0 Å². The van der Waals surface area contributed by atoms with Crippen LogP contribution in [0, 0.1) is 5.92 Å². The molecule has 1 nitrogen and oxygen atoms in total. The number of anilines is 1. The molecule has 0 spiro atoms. The molecular weight excluding hydrogens is 338 g/mol. The highest BCUT2D eigenvalue weighted by Crippen LogP contribution is 2.37. The Morgan fingerprint density at radius 3 is 1.61 bits per heavy atom. The standard InChI is InChI=1S/C27H47N/c1-2-3-4-5-6-7-8-9-10-11-12-13-14-15-24-16-18-25(19-17-24)26-20-22-27(28)23-21-26/h20-25H,2-19,28H2,1H3. The van der Waals surface area contributed by atoms with E-state index in [1.807, 2.05) is 0 Å². The van der Waals surface area contributed by atoms with Gasteiger partial charge in [0, 0.05) is 5.69 Å². The second kappa shape index (κ2) is 14.9. The minimum absolute atomic E-state index is 0.781. The van der Waals surface area contributed by atoms with Crippen LogP contribution in [0.15, 0.2) is 24.3 Å². The Balaban J connectivity index is 1.37. The van der Waals surface area contributed by atoms with Crippen LogP contribution in [0.5, 0.6) is 0 Å². The van der Waals surface area contributed by atoms with Gasteiger partial charge < -0.3 is 5.73 Å². The summed E-state index contributed by atoms with van der Waals surface area (Å²) in [6.07, 6.45) is 26.1. The quantitative estimate of drug-likeness (QED) is 0.236. The van der Waals surface area contributed by atoms with Gasteiger partial charge in [0.25, 0.3) is 0 Å². The van der Waals surface area contributed by atoms with E-state index in [4.69, 9.17) is 5.73 Å². The summed E-state index contributed by atoms with van der Waals surface area (Å²) in [6, 6.07) is 8.61. The van der Waals surface area contributed by atoms with Gasteiger partial charge in [-0.3, -0.25) is 0 Å². The van der Waals surface area contributed by atoms with Crippen molar-refractivity contribution < 1.29 is 0 Å².